The first-order valence-corrected chi connectivity index (χ1v) is 12.0. The summed E-state index contributed by atoms with van der Waals surface area (Å²) in [7, 11) is -3.88. The van der Waals surface area contributed by atoms with Gasteiger partial charge in [0, 0.05) is 16.5 Å². The van der Waals surface area contributed by atoms with Crippen LogP contribution in [0.25, 0.3) is 11.0 Å². The molecule has 1 aromatic heterocycles. The second kappa shape index (κ2) is 8.52. The third kappa shape index (κ3) is 4.20. The Morgan fingerprint density at radius 3 is 2.38 bits per heavy atom. The molecule has 0 aliphatic heterocycles. The third-order valence-corrected chi connectivity index (χ3v) is 7.37. The zero-order valence-corrected chi connectivity index (χ0v) is 19.0. The molecule has 0 spiro atoms. The number of rotatable bonds is 5. The number of sulfonamides is 1. The molecule has 32 heavy (non-hydrogen) atoms. The van der Waals surface area contributed by atoms with E-state index in [4.69, 9.17) is 9.15 Å². The van der Waals surface area contributed by atoms with Gasteiger partial charge in [0.2, 0.25) is 10.0 Å². The van der Waals surface area contributed by atoms with E-state index in [-0.39, 0.29) is 16.3 Å². The van der Waals surface area contributed by atoms with E-state index in [1.54, 1.807) is 31.2 Å². The van der Waals surface area contributed by atoms with Crippen LogP contribution in [0.2, 0.25) is 0 Å². The normalized spacial score (nSPS) is 14.7. The Morgan fingerprint density at radius 2 is 1.69 bits per heavy atom. The molecule has 0 bridgehead atoms. The largest absolute Gasteiger partial charge is 0.425 e. The van der Waals surface area contributed by atoms with Crippen LogP contribution >= 0.6 is 0 Å². The molecule has 1 heterocycles. The van der Waals surface area contributed by atoms with Crippen molar-refractivity contribution in [1.82, 2.24) is 4.72 Å². The molecule has 168 valence electrons. The standard InChI is InChI=1S/C24H25NO6S/c1-14-8-10-17(11-9-14)32(28,29)25-16(3)23(26)30-21-13-12-19-18-6-4-5-7-20(18)24(27)31-22(19)15(21)2/h8-13,16,25H,4-7H2,1-3H3/t16-/m0/s1. The number of carbonyl (C=O) groups excluding carboxylic acids is 1. The Bertz CT molecular complexity index is 1360. The van der Waals surface area contributed by atoms with E-state index in [9.17, 15) is 18.0 Å². The van der Waals surface area contributed by atoms with Crippen molar-refractivity contribution in [3.8, 4) is 5.75 Å². The molecule has 8 heteroatoms. The Morgan fingerprint density at radius 1 is 1.03 bits per heavy atom. The maximum Gasteiger partial charge on any atom is 0.339 e. The summed E-state index contributed by atoms with van der Waals surface area (Å²) in [6.07, 6.45) is 3.50. The Kier molecular flexibility index (Phi) is 5.92. The number of nitrogens with one attached hydrogen (secondary N) is 1. The Labute approximate surface area is 186 Å². The highest BCUT2D eigenvalue weighted by molar-refractivity contribution is 7.89. The van der Waals surface area contributed by atoms with Crippen LogP contribution in [0.4, 0.5) is 0 Å². The first-order chi connectivity index (χ1) is 15.2. The van der Waals surface area contributed by atoms with Crippen molar-refractivity contribution in [3.63, 3.8) is 0 Å². The lowest BCUT2D eigenvalue weighted by Gasteiger charge is -2.18. The molecule has 0 unspecified atom stereocenters. The highest BCUT2D eigenvalue weighted by Crippen LogP contribution is 2.32. The molecule has 7 nitrogen and oxygen atoms in total. The zero-order valence-electron chi connectivity index (χ0n) is 18.2. The summed E-state index contributed by atoms with van der Waals surface area (Å²) >= 11 is 0. The first kappa shape index (κ1) is 22.2. The molecule has 1 N–H and O–H groups in total. The number of aryl methyl sites for hydroxylation is 3. The van der Waals surface area contributed by atoms with E-state index in [0.29, 0.717) is 17.6 Å². The minimum Gasteiger partial charge on any atom is -0.425 e. The Hall–Kier alpha value is -2.97. The zero-order chi connectivity index (χ0) is 23.0. The van der Waals surface area contributed by atoms with Crippen LogP contribution in [0, 0.1) is 13.8 Å². The van der Waals surface area contributed by atoms with Crippen LogP contribution in [0.15, 0.2) is 50.5 Å². The van der Waals surface area contributed by atoms with Gasteiger partial charge in [0.05, 0.1) is 4.90 Å². The quantitative estimate of drug-likeness (QED) is 0.359. The van der Waals surface area contributed by atoms with Crippen LogP contribution in [0.3, 0.4) is 0 Å². The van der Waals surface area contributed by atoms with Crippen LogP contribution in [0.1, 0.15) is 42.0 Å². The molecule has 0 saturated carbocycles. The molecular formula is C24H25NO6S. The van der Waals surface area contributed by atoms with Crippen molar-refractivity contribution >= 4 is 27.0 Å². The van der Waals surface area contributed by atoms with E-state index < -0.39 is 22.0 Å². The monoisotopic (exact) mass is 455 g/mol. The van der Waals surface area contributed by atoms with Gasteiger partial charge in [0.15, 0.2) is 0 Å². The summed E-state index contributed by atoms with van der Waals surface area (Å²) in [6.45, 7) is 4.98. The average Bonchev–Trinajstić information content (AvgIpc) is 2.76. The summed E-state index contributed by atoms with van der Waals surface area (Å²) in [5.74, 6) is -0.536. The van der Waals surface area contributed by atoms with E-state index in [2.05, 4.69) is 4.72 Å². The second-order valence-corrected chi connectivity index (χ2v) is 9.91. The molecular weight excluding hydrogens is 430 g/mol. The number of esters is 1. The molecule has 0 saturated heterocycles. The summed E-state index contributed by atoms with van der Waals surface area (Å²) in [5.41, 5.74) is 3.23. The van der Waals surface area contributed by atoms with Gasteiger partial charge in [-0.1, -0.05) is 17.7 Å². The summed E-state index contributed by atoms with van der Waals surface area (Å²) in [4.78, 5) is 25.1. The van der Waals surface area contributed by atoms with Crippen molar-refractivity contribution in [2.24, 2.45) is 0 Å². The average molecular weight is 456 g/mol. The predicted octanol–water partition coefficient (Wildman–Crippen LogP) is 3.56. The molecule has 1 aliphatic carbocycles. The van der Waals surface area contributed by atoms with Crippen LogP contribution in [-0.4, -0.2) is 20.4 Å². The van der Waals surface area contributed by atoms with Crippen LogP contribution in [0.5, 0.6) is 5.75 Å². The van der Waals surface area contributed by atoms with Gasteiger partial charge in [-0.15, -0.1) is 0 Å². The summed E-state index contributed by atoms with van der Waals surface area (Å²) < 4.78 is 38.5. The molecule has 0 fully saturated rings. The molecule has 1 aliphatic rings. The third-order valence-electron chi connectivity index (χ3n) is 5.82. The van der Waals surface area contributed by atoms with Crippen LogP contribution < -0.4 is 15.1 Å². The number of benzene rings is 2. The van der Waals surface area contributed by atoms with Gasteiger partial charge < -0.3 is 9.15 Å². The smallest absolute Gasteiger partial charge is 0.339 e. The highest BCUT2D eigenvalue weighted by Gasteiger charge is 2.25. The molecule has 3 aromatic rings. The SMILES string of the molecule is Cc1ccc(S(=O)(=O)N[C@@H](C)C(=O)Oc2ccc3c4c(c(=O)oc3c2C)CCCC4)cc1. The minimum atomic E-state index is -3.88. The van der Waals surface area contributed by atoms with Gasteiger partial charge >= 0.3 is 11.6 Å². The van der Waals surface area contributed by atoms with Gasteiger partial charge in [0.25, 0.3) is 0 Å². The number of hydrogen-bond donors (Lipinski definition) is 1. The molecule has 1 atom stereocenters. The number of fused-ring (bicyclic) bond motifs is 3. The lowest BCUT2D eigenvalue weighted by atomic mass is 9.90. The van der Waals surface area contributed by atoms with Gasteiger partial charge in [0.1, 0.15) is 17.4 Å². The van der Waals surface area contributed by atoms with Gasteiger partial charge in [-0.2, -0.15) is 4.72 Å². The summed E-state index contributed by atoms with van der Waals surface area (Å²) in [6, 6.07) is 8.65. The van der Waals surface area contributed by atoms with Crippen molar-refractivity contribution < 1.29 is 22.4 Å². The van der Waals surface area contributed by atoms with E-state index in [0.717, 1.165) is 41.3 Å². The molecule has 0 amide bonds. The predicted molar refractivity (Wildman–Crippen MR) is 120 cm³/mol. The fraction of sp³-hybridized carbons (Fsp3) is 0.333. The maximum absolute atomic E-state index is 12.6. The number of hydrogen-bond acceptors (Lipinski definition) is 6. The van der Waals surface area contributed by atoms with Crippen molar-refractivity contribution in [2.75, 3.05) is 0 Å². The van der Waals surface area contributed by atoms with Crippen LogP contribution in [-0.2, 0) is 27.7 Å². The van der Waals surface area contributed by atoms with Crippen molar-refractivity contribution in [2.45, 2.75) is 57.4 Å². The molecule has 0 radical (unpaired) electrons. The lowest BCUT2D eigenvalue weighted by Crippen LogP contribution is -2.40. The van der Waals surface area contributed by atoms with Gasteiger partial charge in [-0.3, -0.25) is 0 Å². The van der Waals surface area contributed by atoms with Crippen molar-refractivity contribution in [1.29, 1.82) is 0 Å². The van der Waals surface area contributed by atoms with E-state index >= 15 is 0 Å². The second-order valence-electron chi connectivity index (χ2n) is 8.20. The lowest BCUT2D eigenvalue weighted by molar-refractivity contribution is -0.135. The van der Waals surface area contributed by atoms with E-state index in [1.165, 1.54) is 19.1 Å². The number of carbonyl (C=O) groups is 1. The minimum absolute atomic E-state index is 0.0659. The van der Waals surface area contributed by atoms with Gasteiger partial charge in [-0.25, -0.2) is 18.0 Å². The van der Waals surface area contributed by atoms with E-state index in [1.807, 2.05) is 6.92 Å². The fourth-order valence-corrected chi connectivity index (χ4v) is 5.19. The number of ether oxygens (including phenoxy) is 1. The first-order valence-electron chi connectivity index (χ1n) is 10.6. The van der Waals surface area contributed by atoms with Gasteiger partial charge in [-0.05, 0) is 76.3 Å². The molecule has 2 aromatic carbocycles. The highest BCUT2D eigenvalue weighted by atomic mass is 32.2. The van der Waals surface area contributed by atoms with Crippen molar-refractivity contribution in [3.05, 3.63) is 69.1 Å². The molecule has 4 rings (SSSR count). The maximum atomic E-state index is 12.6. The topological polar surface area (TPSA) is 103 Å². The summed E-state index contributed by atoms with van der Waals surface area (Å²) in [5, 5.41) is 0.852. The fourth-order valence-electron chi connectivity index (χ4n) is 4.00. The Balaban J connectivity index is 1.57.